The molecule has 0 bridgehead atoms. The number of anilines is 1. The van der Waals surface area contributed by atoms with Gasteiger partial charge in [0.25, 0.3) is 5.91 Å². The highest BCUT2D eigenvalue weighted by Crippen LogP contribution is 2.29. The van der Waals surface area contributed by atoms with Crippen molar-refractivity contribution < 1.29 is 9.53 Å². The minimum absolute atomic E-state index is 0.126. The van der Waals surface area contributed by atoms with Gasteiger partial charge in [-0.1, -0.05) is 24.3 Å². The van der Waals surface area contributed by atoms with E-state index in [0.717, 1.165) is 11.3 Å². The minimum Gasteiger partial charge on any atom is -0.480 e. The Balaban J connectivity index is 1.71. The quantitative estimate of drug-likeness (QED) is 0.694. The standard InChI is InChI=1S/C16H13N3O2/c17-11-5-3-6-12-15(11)18-9-19(12)16(20)14-8-10-4-1-2-7-13(10)21-14/h1-7,9,14H,8,17H2. The van der Waals surface area contributed by atoms with Crippen LogP contribution in [0.25, 0.3) is 11.0 Å². The molecule has 1 aliphatic heterocycles. The summed E-state index contributed by atoms with van der Waals surface area (Å²) < 4.78 is 7.26. The molecule has 0 radical (unpaired) electrons. The van der Waals surface area contributed by atoms with E-state index in [4.69, 9.17) is 10.5 Å². The number of hydrogen-bond acceptors (Lipinski definition) is 4. The largest absolute Gasteiger partial charge is 0.480 e. The van der Waals surface area contributed by atoms with Crippen molar-refractivity contribution in [2.45, 2.75) is 12.5 Å². The number of para-hydroxylation sites is 2. The molecule has 2 heterocycles. The van der Waals surface area contributed by atoms with E-state index in [0.29, 0.717) is 23.1 Å². The molecule has 5 nitrogen and oxygen atoms in total. The van der Waals surface area contributed by atoms with E-state index in [2.05, 4.69) is 4.98 Å². The van der Waals surface area contributed by atoms with Crippen LogP contribution >= 0.6 is 0 Å². The predicted molar refractivity (Wildman–Crippen MR) is 79.3 cm³/mol. The number of carbonyl (C=O) groups excluding carboxylic acids is 1. The van der Waals surface area contributed by atoms with Crippen LogP contribution in [0.3, 0.4) is 0 Å². The Morgan fingerprint density at radius 1 is 1.24 bits per heavy atom. The molecular formula is C16H13N3O2. The third kappa shape index (κ3) is 1.78. The summed E-state index contributed by atoms with van der Waals surface area (Å²) in [5.74, 6) is 0.652. The second-order valence-electron chi connectivity index (χ2n) is 5.09. The summed E-state index contributed by atoms with van der Waals surface area (Å²) in [6, 6.07) is 13.1. The fourth-order valence-corrected chi connectivity index (χ4v) is 2.71. The predicted octanol–water partition coefficient (Wildman–Crippen LogP) is 2.26. The van der Waals surface area contributed by atoms with Crippen LogP contribution in [0.2, 0.25) is 0 Å². The van der Waals surface area contributed by atoms with Crippen LogP contribution in [-0.2, 0) is 6.42 Å². The third-order valence-electron chi connectivity index (χ3n) is 3.77. The molecule has 0 saturated heterocycles. The highest BCUT2D eigenvalue weighted by atomic mass is 16.5. The van der Waals surface area contributed by atoms with E-state index in [1.54, 1.807) is 6.07 Å². The van der Waals surface area contributed by atoms with E-state index >= 15 is 0 Å². The molecule has 1 unspecified atom stereocenters. The van der Waals surface area contributed by atoms with Gasteiger partial charge in [-0.15, -0.1) is 0 Å². The zero-order valence-electron chi connectivity index (χ0n) is 11.2. The molecule has 0 spiro atoms. The molecule has 104 valence electrons. The van der Waals surface area contributed by atoms with Gasteiger partial charge in [-0.25, -0.2) is 4.98 Å². The number of nitrogens with two attached hydrogens (primary N) is 1. The Labute approximate surface area is 121 Å². The SMILES string of the molecule is Nc1cccc2c1ncn2C(=O)C1Cc2ccccc2O1. The van der Waals surface area contributed by atoms with Gasteiger partial charge in [-0.2, -0.15) is 0 Å². The van der Waals surface area contributed by atoms with Gasteiger partial charge < -0.3 is 10.5 Å². The van der Waals surface area contributed by atoms with Gasteiger partial charge in [0.15, 0.2) is 6.10 Å². The van der Waals surface area contributed by atoms with Gasteiger partial charge in [-0.3, -0.25) is 9.36 Å². The lowest BCUT2D eigenvalue weighted by molar-refractivity contribution is 0.0739. The summed E-state index contributed by atoms with van der Waals surface area (Å²) in [6.45, 7) is 0. The average molecular weight is 279 g/mol. The zero-order chi connectivity index (χ0) is 14.4. The molecule has 3 aromatic rings. The van der Waals surface area contributed by atoms with Gasteiger partial charge >= 0.3 is 0 Å². The van der Waals surface area contributed by atoms with Crippen LogP contribution < -0.4 is 10.5 Å². The summed E-state index contributed by atoms with van der Waals surface area (Å²) in [6.07, 6.45) is 1.58. The summed E-state index contributed by atoms with van der Waals surface area (Å²) in [5, 5.41) is 0. The lowest BCUT2D eigenvalue weighted by atomic mass is 10.1. The molecule has 0 saturated carbocycles. The lowest BCUT2D eigenvalue weighted by Crippen LogP contribution is -2.30. The smallest absolute Gasteiger partial charge is 0.273 e. The van der Waals surface area contributed by atoms with Crippen molar-refractivity contribution >= 4 is 22.6 Å². The van der Waals surface area contributed by atoms with Crippen LogP contribution in [0.4, 0.5) is 5.69 Å². The Hall–Kier alpha value is -2.82. The van der Waals surface area contributed by atoms with Crippen LogP contribution in [0.1, 0.15) is 10.4 Å². The number of fused-ring (bicyclic) bond motifs is 2. The van der Waals surface area contributed by atoms with E-state index in [1.807, 2.05) is 36.4 Å². The van der Waals surface area contributed by atoms with Crippen molar-refractivity contribution in [1.29, 1.82) is 0 Å². The molecule has 1 aliphatic rings. The number of ether oxygens (including phenoxy) is 1. The van der Waals surface area contributed by atoms with E-state index in [1.165, 1.54) is 10.9 Å². The Morgan fingerprint density at radius 2 is 2.10 bits per heavy atom. The topological polar surface area (TPSA) is 70.1 Å². The fourth-order valence-electron chi connectivity index (χ4n) is 2.71. The Kier molecular flexibility index (Phi) is 2.47. The summed E-state index contributed by atoms with van der Waals surface area (Å²) in [4.78, 5) is 16.9. The Bertz CT molecular complexity index is 829. The summed E-state index contributed by atoms with van der Waals surface area (Å²) in [7, 11) is 0. The number of hydrogen-bond donors (Lipinski definition) is 1. The molecule has 2 aromatic carbocycles. The van der Waals surface area contributed by atoms with Crippen LogP contribution in [0.5, 0.6) is 5.75 Å². The van der Waals surface area contributed by atoms with Crippen molar-refractivity contribution in [3.63, 3.8) is 0 Å². The highest BCUT2D eigenvalue weighted by molar-refractivity contribution is 5.97. The number of carbonyl (C=O) groups is 1. The zero-order valence-corrected chi connectivity index (χ0v) is 11.2. The maximum absolute atomic E-state index is 12.7. The molecule has 2 N–H and O–H groups in total. The molecule has 1 aromatic heterocycles. The summed E-state index contributed by atoms with van der Waals surface area (Å²) in [5.41, 5.74) is 8.84. The molecule has 0 amide bonds. The fraction of sp³-hybridized carbons (Fsp3) is 0.125. The van der Waals surface area contributed by atoms with E-state index < -0.39 is 6.10 Å². The van der Waals surface area contributed by atoms with E-state index in [9.17, 15) is 4.79 Å². The first kappa shape index (κ1) is 12.0. The molecule has 0 fully saturated rings. The monoisotopic (exact) mass is 279 g/mol. The van der Waals surface area contributed by atoms with Gasteiger partial charge in [0.1, 0.15) is 17.6 Å². The van der Waals surface area contributed by atoms with E-state index in [-0.39, 0.29) is 5.91 Å². The highest BCUT2D eigenvalue weighted by Gasteiger charge is 2.30. The second-order valence-corrected chi connectivity index (χ2v) is 5.09. The lowest BCUT2D eigenvalue weighted by Gasteiger charge is -2.10. The normalized spacial score (nSPS) is 16.7. The molecule has 21 heavy (non-hydrogen) atoms. The minimum atomic E-state index is -0.513. The van der Waals surface area contributed by atoms with Crippen molar-refractivity contribution in [3.05, 3.63) is 54.4 Å². The summed E-state index contributed by atoms with van der Waals surface area (Å²) >= 11 is 0. The number of rotatable bonds is 1. The van der Waals surface area contributed by atoms with Crippen molar-refractivity contribution in [1.82, 2.24) is 9.55 Å². The first-order valence-electron chi connectivity index (χ1n) is 6.74. The molecule has 0 aliphatic carbocycles. The van der Waals surface area contributed by atoms with Crippen molar-refractivity contribution in [3.8, 4) is 5.75 Å². The number of aromatic nitrogens is 2. The van der Waals surface area contributed by atoms with Gasteiger partial charge in [0.05, 0.1) is 11.2 Å². The van der Waals surface area contributed by atoms with Crippen molar-refractivity contribution in [2.75, 3.05) is 5.73 Å². The average Bonchev–Trinajstić information content (AvgIpc) is 3.11. The number of nitrogens with zero attached hydrogens (tertiary/aromatic N) is 2. The number of nitrogen functional groups attached to an aromatic ring is 1. The number of imidazole rings is 1. The second kappa shape index (κ2) is 4.34. The maximum Gasteiger partial charge on any atom is 0.273 e. The molecule has 4 rings (SSSR count). The third-order valence-corrected chi connectivity index (χ3v) is 3.77. The maximum atomic E-state index is 12.7. The van der Waals surface area contributed by atoms with Gasteiger partial charge in [0.2, 0.25) is 0 Å². The van der Waals surface area contributed by atoms with Crippen molar-refractivity contribution in [2.24, 2.45) is 0 Å². The first-order valence-corrected chi connectivity index (χ1v) is 6.74. The van der Waals surface area contributed by atoms with Crippen LogP contribution in [0.15, 0.2) is 48.8 Å². The molecular weight excluding hydrogens is 266 g/mol. The molecule has 5 heteroatoms. The first-order chi connectivity index (χ1) is 10.2. The Morgan fingerprint density at radius 3 is 2.95 bits per heavy atom. The number of benzene rings is 2. The van der Waals surface area contributed by atoms with Crippen LogP contribution in [0, 0.1) is 0 Å². The van der Waals surface area contributed by atoms with Crippen LogP contribution in [-0.4, -0.2) is 21.6 Å². The molecule has 1 atom stereocenters. The van der Waals surface area contributed by atoms with Gasteiger partial charge in [-0.05, 0) is 23.8 Å². The van der Waals surface area contributed by atoms with Gasteiger partial charge in [0, 0.05) is 6.42 Å².